The lowest BCUT2D eigenvalue weighted by Gasteiger charge is -2.07. The summed E-state index contributed by atoms with van der Waals surface area (Å²) in [5, 5.41) is 0.561. The fourth-order valence-electron chi connectivity index (χ4n) is 1.85. The van der Waals surface area contributed by atoms with E-state index in [-0.39, 0.29) is 35.0 Å². The van der Waals surface area contributed by atoms with Gasteiger partial charge in [0.15, 0.2) is 17.3 Å². The molecule has 5 heteroatoms. The van der Waals surface area contributed by atoms with E-state index < -0.39 is 11.7 Å². The highest BCUT2D eigenvalue weighted by Crippen LogP contribution is 2.27. The Balaban J connectivity index is 2.37. The molecule has 2 rings (SSSR count). The number of carbonyl (C=O) groups excluding carboxylic acids is 3. The van der Waals surface area contributed by atoms with Crippen LogP contribution < -0.4 is 0 Å². The molecule has 0 amide bonds. The summed E-state index contributed by atoms with van der Waals surface area (Å²) in [5.41, 5.74) is 0.171. The van der Waals surface area contributed by atoms with Crippen LogP contribution in [0.5, 0.6) is 0 Å². The summed E-state index contributed by atoms with van der Waals surface area (Å²) in [6.45, 7) is 0. The van der Waals surface area contributed by atoms with E-state index in [4.69, 9.17) is 23.2 Å². The second-order valence-electron chi connectivity index (χ2n) is 3.85. The molecule has 0 heterocycles. The molecule has 0 aromatic heterocycles. The Bertz CT molecular complexity index is 506. The van der Waals surface area contributed by atoms with Crippen LogP contribution in [0.4, 0.5) is 0 Å². The maximum Gasteiger partial charge on any atom is 0.182 e. The van der Waals surface area contributed by atoms with E-state index in [1.165, 1.54) is 18.2 Å². The van der Waals surface area contributed by atoms with E-state index in [1.54, 1.807) is 0 Å². The largest absolute Gasteiger partial charge is 0.298 e. The van der Waals surface area contributed by atoms with Crippen molar-refractivity contribution in [2.24, 2.45) is 5.92 Å². The third-order valence-electron chi connectivity index (χ3n) is 2.72. The average Bonchev–Trinajstić information content (AvgIpc) is 2.58. The molecular formula is C12H8Cl2O3. The molecule has 0 bridgehead atoms. The highest BCUT2D eigenvalue weighted by atomic mass is 35.5. The Hall–Kier alpha value is -1.19. The van der Waals surface area contributed by atoms with Crippen molar-refractivity contribution in [1.82, 2.24) is 0 Å². The van der Waals surface area contributed by atoms with E-state index >= 15 is 0 Å². The van der Waals surface area contributed by atoms with Gasteiger partial charge in [-0.1, -0.05) is 23.2 Å². The molecule has 17 heavy (non-hydrogen) atoms. The summed E-state index contributed by atoms with van der Waals surface area (Å²) in [6.07, 6.45) is 0.279. The first kappa shape index (κ1) is 12.3. The molecule has 1 fully saturated rings. The van der Waals surface area contributed by atoms with Gasteiger partial charge in [0.2, 0.25) is 0 Å². The molecule has 1 aliphatic rings. The van der Waals surface area contributed by atoms with E-state index in [2.05, 4.69) is 0 Å². The molecule has 0 unspecified atom stereocenters. The maximum atomic E-state index is 12.0. The smallest absolute Gasteiger partial charge is 0.182 e. The van der Waals surface area contributed by atoms with Gasteiger partial charge < -0.3 is 0 Å². The molecule has 1 aliphatic carbocycles. The van der Waals surface area contributed by atoms with Crippen LogP contribution in [0.25, 0.3) is 0 Å². The minimum Gasteiger partial charge on any atom is -0.298 e. The fourth-order valence-corrected chi connectivity index (χ4v) is 2.35. The van der Waals surface area contributed by atoms with Gasteiger partial charge in [0.1, 0.15) is 5.92 Å². The van der Waals surface area contributed by atoms with Crippen molar-refractivity contribution in [3.8, 4) is 0 Å². The van der Waals surface area contributed by atoms with Crippen LogP contribution in [-0.4, -0.2) is 17.3 Å². The van der Waals surface area contributed by atoms with Gasteiger partial charge in [0, 0.05) is 23.4 Å². The molecule has 3 nitrogen and oxygen atoms in total. The molecule has 0 N–H and O–H groups in total. The number of hydrogen-bond acceptors (Lipinski definition) is 3. The third-order valence-corrected chi connectivity index (χ3v) is 3.27. The predicted octanol–water partition coefficient (Wildman–Crippen LogP) is 2.72. The van der Waals surface area contributed by atoms with Crippen LogP contribution in [-0.2, 0) is 9.59 Å². The zero-order chi connectivity index (χ0) is 12.6. The lowest BCUT2D eigenvalue weighted by molar-refractivity contribution is -0.125. The quantitative estimate of drug-likeness (QED) is 0.613. The van der Waals surface area contributed by atoms with Gasteiger partial charge in [-0.15, -0.1) is 0 Å². The number of hydrogen-bond donors (Lipinski definition) is 0. The van der Waals surface area contributed by atoms with Crippen LogP contribution in [0.15, 0.2) is 18.2 Å². The summed E-state index contributed by atoms with van der Waals surface area (Å²) in [4.78, 5) is 35.0. The van der Waals surface area contributed by atoms with Gasteiger partial charge in [0.25, 0.3) is 0 Å². The van der Waals surface area contributed by atoms with E-state index in [0.29, 0.717) is 5.02 Å². The Kier molecular flexibility index (Phi) is 3.31. The first-order valence-electron chi connectivity index (χ1n) is 5.05. The normalized spacial score (nSPS) is 16.6. The number of rotatable bonds is 2. The van der Waals surface area contributed by atoms with Crippen LogP contribution in [0, 0.1) is 5.92 Å². The maximum absolute atomic E-state index is 12.0. The Labute approximate surface area is 108 Å². The SMILES string of the molecule is O=C1CCC(=O)C1C(=O)c1ccc(Cl)cc1Cl. The van der Waals surface area contributed by atoms with E-state index in [1.807, 2.05) is 0 Å². The van der Waals surface area contributed by atoms with Gasteiger partial charge in [-0.05, 0) is 18.2 Å². The van der Waals surface area contributed by atoms with Crippen molar-refractivity contribution in [2.45, 2.75) is 12.8 Å². The Morgan fingerprint density at radius 3 is 2.24 bits per heavy atom. The van der Waals surface area contributed by atoms with Gasteiger partial charge in [-0.25, -0.2) is 0 Å². The predicted molar refractivity (Wildman–Crippen MR) is 63.5 cm³/mol. The molecule has 1 aromatic carbocycles. The molecule has 0 radical (unpaired) electrons. The topological polar surface area (TPSA) is 51.2 Å². The highest BCUT2D eigenvalue weighted by molar-refractivity contribution is 6.38. The number of ketones is 3. The number of Topliss-reactive ketones (excluding diaryl/α,β-unsaturated/α-hetero) is 3. The lowest BCUT2D eigenvalue weighted by atomic mass is 9.95. The standard InChI is InChI=1S/C12H8Cl2O3/c13-6-1-2-7(8(14)5-6)12(17)11-9(15)3-4-10(11)16/h1-2,5,11H,3-4H2. The third kappa shape index (κ3) is 2.26. The zero-order valence-corrected chi connectivity index (χ0v) is 10.2. The summed E-state index contributed by atoms with van der Waals surface area (Å²) in [6, 6.07) is 4.36. The highest BCUT2D eigenvalue weighted by Gasteiger charge is 2.39. The monoisotopic (exact) mass is 270 g/mol. The van der Waals surface area contributed by atoms with Crippen molar-refractivity contribution in [3.05, 3.63) is 33.8 Å². The zero-order valence-electron chi connectivity index (χ0n) is 8.70. The van der Waals surface area contributed by atoms with Crippen molar-refractivity contribution in [1.29, 1.82) is 0 Å². The molecule has 0 saturated heterocycles. The summed E-state index contributed by atoms with van der Waals surface area (Å²) in [5.74, 6) is -2.36. The molecule has 0 aliphatic heterocycles. The number of carbonyl (C=O) groups is 3. The van der Waals surface area contributed by atoms with Crippen LogP contribution >= 0.6 is 23.2 Å². The first-order chi connectivity index (χ1) is 8.00. The van der Waals surface area contributed by atoms with Gasteiger partial charge in [0.05, 0.1) is 5.02 Å². The summed E-state index contributed by atoms with van der Waals surface area (Å²) in [7, 11) is 0. The number of benzene rings is 1. The summed E-state index contributed by atoms with van der Waals surface area (Å²) < 4.78 is 0. The van der Waals surface area contributed by atoms with Crippen LogP contribution in [0.2, 0.25) is 10.0 Å². The molecule has 1 saturated carbocycles. The second-order valence-corrected chi connectivity index (χ2v) is 4.70. The average molecular weight is 271 g/mol. The molecular weight excluding hydrogens is 263 g/mol. The second kappa shape index (κ2) is 4.59. The van der Waals surface area contributed by atoms with E-state index in [0.717, 1.165) is 0 Å². The minimum absolute atomic E-state index is 0.139. The van der Waals surface area contributed by atoms with Crippen molar-refractivity contribution in [2.75, 3.05) is 0 Å². The summed E-state index contributed by atoms with van der Waals surface area (Å²) >= 11 is 11.6. The number of halogens is 2. The lowest BCUT2D eigenvalue weighted by Crippen LogP contribution is -2.25. The molecule has 0 spiro atoms. The van der Waals surface area contributed by atoms with Gasteiger partial charge in [-0.3, -0.25) is 14.4 Å². The van der Waals surface area contributed by atoms with Crippen LogP contribution in [0.3, 0.4) is 0 Å². The fraction of sp³-hybridized carbons (Fsp3) is 0.250. The minimum atomic E-state index is -1.17. The van der Waals surface area contributed by atoms with Gasteiger partial charge in [-0.2, -0.15) is 0 Å². The first-order valence-corrected chi connectivity index (χ1v) is 5.81. The van der Waals surface area contributed by atoms with E-state index in [9.17, 15) is 14.4 Å². The van der Waals surface area contributed by atoms with Gasteiger partial charge >= 0.3 is 0 Å². The van der Waals surface area contributed by atoms with Crippen molar-refractivity contribution in [3.63, 3.8) is 0 Å². The molecule has 0 atom stereocenters. The van der Waals surface area contributed by atoms with Crippen LogP contribution in [0.1, 0.15) is 23.2 Å². The molecule has 88 valence electrons. The Morgan fingerprint density at radius 2 is 1.71 bits per heavy atom. The molecule has 1 aromatic rings. The Morgan fingerprint density at radius 1 is 1.12 bits per heavy atom. The van der Waals surface area contributed by atoms with Crippen molar-refractivity contribution >= 4 is 40.6 Å². The van der Waals surface area contributed by atoms with Crippen molar-refractivity contribution < 1.29 is 14.4 Å².